The Morgan fingerprint density at radius 3 is 2.95 bits per heavy atom. The zero-order valence-electron chi connectivity index (χ0n) is 11.0. The van der Waals surface area contributed by atoms with Crippen LogP contribution in [-0.4, -0.2) is 63.8 Å². The van der Waals surface area contributed by atoms with Gasteiger partial charge in [0.15, 0.2) is 0 Å². The molecule has 1 N–H and O–H groups in total. The van der Waals surface area contributed by atoms with Gasteiger partial charge in [0.05, 0.1) is 18.9 Å². The van der Waals surface area contributed by atoms with Crippen molar-refractivity contribution in [1.29, 1.82) is 0 Å². The molecule has 1 aromatic heterocycles. The molecule has 0 unspecified atom stereocenters. The Bertz CT molecular complexity index is 401. The number of carbonyl (C=O) groups is 1. The van der Waals surface area contributed by atoms with Crippen LogP contribution in [0.25, 0.3) is 0 Å². The fourth-order valence-corrected chi connectivity index (χ4v) is 2.04. The maximum absolute atomic E-state index is 11.9. The molecule has 0 radical (unpaired) electrons. The summed E-state index contributed by atoms with van der Waals surface area (Å²) in [6.07, 6.45) is 3.61. The molecule has 0 atom stereocenters. The number of aliphatic hydroxyl groups excluding tert-OH is 1. The van der Waals surface area contributed by atoms with Crippen LogP contribution in [0.1, 0.15) is 18.5 Å². The van der Waals surface area contributed by atoms with E-state index >= 15 is 0 Å². The van der Waals surface area contributed by atoms with E-state index in [1.807, 2.05) is 11.1 Å². The van der Waals surface area contributed by atoms with Gasteiger partial charge in [-0.1, -0.05) is 5.21 Å². The van der Waals surface area contributed by atoms with Gasteiger partial charge in [-0.2, -0.15) is 0 Å². The number of hydrogen-bond donors (Lipinski definition) is 1. The van der Waals surface area contributed by atoms with Crippen molar-refractivity contribution in [3.63, 3.8) is 0 Å². The number of aromatic nitrogens is 3. The van der Waals surface area contributed by atoms with Crippen LogP contribution < -0.4 is 0 Å². The summed E-state index contributed by atoms with van der Waals surface area (Å²) in [6, 6.07) is 0. The summed E-state index contributed by atoms with van der Waals surface area (Å²) in [4.78, 5) is 13.7. The number of amides is 1. The van der Waals surface area contributed by atoms with E-state index in [9.17, 15) is 4.79 Å². The van der Waals surface area contributed by atoms with Crippen molar-refractivity contribution in [1.82, 2.24) is 19.9 Å². The van der Waals surface area contributed by atoms with E-state index in [-0.39, 0.29) is 12.5 Å². The topological polar surface area (TPSA) is 80.5 Å². The van der Waals surface area contributed by atoms with Gasteiger partial charge in [0, 0.05) is 45.3 Å². The zero-order valence-corrected chi connectivity index (χ0v) is 11.0. The van der Waals surface area contributed by atoms with Crippen LogP contribution in [0.4, 0.5) is 0 Å². The van der Waals surface area contributed by atoms with Crippen molar-refractivity contribution in [3.8, 4) is 0 Å². The van der Waals surface area contributed by atoms with E-state index < -0.39 is 0 Å². The van der Waals surface area contributed by atoms with Gasteiger partial charge in [-0.05, 0) is 6.42 Å². The molecule has 1 aliphatic rings. The third-order valence-corrected chi connectivity index (χ3v) is 3.10. The van der Waals surface area contributed by atoms with Crippen LogP contribution in [0.15, 0.2) is 6.20 Å². The lowest BCUT2D eigenvalue weighted by atomic mass is 10.2. The van der Waals surface area contributed by atoms with E-state index in [2.05, 4.69) is 10.3 Å². The Morgan fingerprint density at radius 2 is 2.21 bits per heavy atom. The minimum atomic E-state index is 0.0776. The molecule has 2 rings (SSSR count). The number of aliphatic hydroxyl groups is 1. The number of aryl methyl sites for hydroxylation is 1. The van der Waals surface area contributed by atoms with Crippen molar-refractivity contribution < 1.29 is 14.6 Å². The highest BCUT2D eigenvalue weighted by atomic mass is 16.5. The Morgan fingerprint density at radius 1 is 1.42 bits per heavy atom. The van der Waals surface area contributed by atoms with Crippen molar-refractivity contribution >= 4 is 5.91 Å². The second-order valence-electron chi connectivity index (χ2n) is 4.54. The third-order valence-electron chi connectivity index (χ3n) is 3.10. The van der Waals surface area contributed by atoms with E-state index in [0.717, 1.165) is 12.1 Å². The van der Waals surface area contributed by atoms with Crippen LogP contribution >= 0.6 is 0 Å². The number of ether oxygens (including phenoxy) is 1. The highest BCUT2D eigenvalue weighted by Crippen LogP contribution is 2.04. The average Bonchev–Trinajstić information content (AvgIpc) is 2.88. The molecule has 0 spiro atoms. The van der Waals surface area contributed by atoms with E-state index in [4.69, 9.17) is 9.84 Å². The number of rotatable bonds is 6. The Balaban J connectivity index is 1.68. The Labute approximate surface area is 112 Å². The lowest BCUT2D eigenvalue weighted by molar-refractivity contribution is -0.135. The van der Waals surface area contributed by atoms with Gasteiger partial charge >= 0.3 is 0 Å². The first-order valence-electron chi connectivity index (χ1n) is 6.65. The highest BCUT2D eigenvalue weighted by molar-refractivity contribution is 5.76. The monoisotopic (exact) mass is 268 g/mol. The number of morpholine rings is 1. The average molecular weight is 268 g/mol. The summed E-state index contributed by atoms with van der Waals surface area (Å²) in [5.74, 6) is 0.180. The number of nitrogens with zero attached hydrogens (tertiary/aromatic N) is 4. The summed E-state index contributed by atoms with van der Waals surface area (Å²) >= 11 is 0. The van der Waals surface area contributed by atoms with Crippen molar-refractivity contribution in [2.24, 2.45) is 0 Å². The highest BCUT2D eigenvalue weighted by Gasteiger charge is 2.16. The van der Waals surface area contributed by atoms with Crippen molar-refractivity contribution in [2.45, 2.75) is 25.8 Å². The summed E-state index contributed by atoms with van der Waals surface area (Å²) < 4.78 is 6.93. The van der Waals surface area contributed by atoms with Crippen LogP contribution in [0.5, 0.6) is 0 Å². The molecule has 106 valence electrons. The van der Waals surface area contributed by atoms with Gasteiger partial charge < -0.3 is 14.7 Å². The molecule has 1 amide bonds. The van der Waals surface area contributed by atoms with Gasteiger partial charge in [0.1, 0.15) is 0 Å². The summed E-state index contributed by atoms with van der Waals surface area (Å²) in [6.45, 7) is 3.42. The van der Waals surface area contributed by atoms with Crippen LogP contribution in [0.2, 0.25) is 0 Å². The van der Waals surface area contributed by atoms with Gasteiger partial charge in [-0.25, -0.2) is 0 Å². The minimum Gasteiger partial charge on any atom is -0.396 e. The first-order valence-corrected chi connectivity index (χ1v) is 6.65. The largest absolute Gasteiger partial charge is 0.396 e. The number of carbonyl (C=O) groups excluding carboxylic acids is 1. The Kier molecular flexibility index (Phi) is 5.29. The fraction of sp³-hybridized carbons (Fsp3) is 0.750. The lowest BCUT2D eigenvalue weighted by Gasteiger charge is -2.26. The SMILES string of the molecule is O=C(CCCn1cc(CCO)nn1)N1CCOCC1. The molecule has 0 aliphatic carbocycles. The van der Waals surface area contributed by atoms with E-state index in [0.29, 0.717) is 45.7 Å². The molecule has 7 heteroatoms. The van der Waals surface area contributed by atoms with Crippen LogP contribution in [0, 0.1) is 0 Å². The standard InChI is InChI=1S/C12H20N4O3/c17-7-3-11-10-16(14-13-11)4-1-2-12(18)15-5-8-19-9-6-15/h10,17H,1-9H2. The predicted octanol–water partition coefficient (Wildman–Crippen LogP) is -0.548. The first-order chi connectivity index (χ1) is 9.29. The van der Waals surface area contributed by atoms with Crippen molar-refractivity contribution in [2.75, 3.05) is 32.9 Å². The normalized spacial score (nSPS) is 15.7. The maximum Gasteiger partial charge on any atom is 0.222 e. The molecule has 7 nitrogen and oxygen atoms in total. The fourth-order valence-electron chi connectivity index (χ4n) is 2.04. The third kappa shape index (κ3) is 4.29. The van der Waals surface area contributed by atoms with Crippen molar-refractivity contribution in [3.05, 3.63) is 11.9 Å². The predicted molar refractivity (Wildman–Crippen MR) is 67.4 cm³/mol. The maximum atomic E-state index is 11.9. The molecule has 0 saturated carbocycles. The Hall–Kier alpha value is -1.47. The molecule has 1 aromatic rings. The van der Waals surface area contributed by atoms with Crippen LogP contribution in [0.3, 0.4) is 0 Å². The summed E-state index contributed by atoms with van der Waals surface area (Å²) in [5, 5.41) is 16.7. The molecule has 0 aromatic carbocycles. The smallest absolute Gasteiger partial charge is 0.222 e. The van der Waals surface area contributed by atoms with Gasteiger partial charge in [0.2, 0.25) is 5.91 Å². The van der Waals surface area contributed by atoms with Crippen LogP contribution in [-0.2, 0) is 22.5 Å². The minimum absolute atomic E-state index is 0.0776. The molecular formula is C12H20N4O3. The molecule has 1 fully saturated rings. The molecule has 19 heavy (non-hydrogen) atoms. The van der Waals surface area contributed by atoms with E-state index in [1.54, 1.807) is 4.68 Å². The zero-order chi connectivity index (χ0) is 13.5. The molecule has 1 aliphatic heterocycles. The molecule has 1 saturated heterocycles. The van der Waals surface area contributed by atoms with E-state index in [1.165, 1.54) is 0 Å². The van der Waals surface area contributed by atoms with Gasteiger partial charge in [0.25, 0.3) is 0 Å². The molecule has 2 heterocycles. The summed E-state index contributed by atoms with van der Waals surface area (Å²) in [7, 11) is 0. The molecular weight excluding hydrogens is 248 g/mol. The number of hydrogen-bond acceptors (Lipinski definition) is 5. The van der Waals surface area contributed by atoms with Gasteiger partial charge in [-0.3, -0.25) is 9.48 Å². The first kappa shape index (κ1) is 14.0. The van der Waals surface area contributed by atoms with Gasteiger partial charge in [-0.15, -0.1) is 5.10 Å². The molecule has 0 bridgehead atoms. The second kappa shape index (κ2) is 7.20. The quantitative estimate of drug-likeness (QED) is 0.749. The lowest BCUT2D eigenvalue weighted by Crippen LogP contribution is -2.40. The summed E-state index contributed by atoms with van der Waals surface area (Å²) in [5.41, 5.74) is 0.780. The second-order valence-corrected chi connectivity index (χ2v) is 4.54.